The fourth-order valence-corrected chi connectivity index (χ4v) is 2.88. The van der Waals surface area contributed by atoms with Crippen molar-refractivity contribution < 1.29 is 22.8 Å². The third-order valence-corrected chi connectivity index (χ3v) is 4.31. The van der Waals surface area contributed by atoms with Crippen LogP contribution in [0.3, 0.4) is 0 Å². The zero-order valence-corrected chi connectivity index (χ0v) is 11.7. The SMILES string of the molecule is NC(=O)CNS(=O)(=O)c1ccc(N2C(=O)CCC2=O)cc1. The minimum absolute atomic E-state index is 0.0911. The Morgan fingerprint density at radius 3 is 2.14 bits per heavy atom. The first-order valence-corrected chi connectivity index (χ1v) is 7.53. The molecule has 1 fully saturated rings. The molecule has 112 valence electrons. The van der Waals surface area contributed by atoms with Crippen molar-refractivity contribution in [1.82, 2.24) is 4.72 Å². The number of nitrogens with two attached hydrogens (primary N) is 1. The topological polar surface area (TPSA) is 127 Å². The lowest BCUT2D eigenvalue weighted by Crippen LogP contribution is -2.33. The maximum absolute atomic E-state index is 11.8. The molecule has 1 aromatic rings. The average Bonchev–Trinajstić information content (AvgIpc) is 2.76. The van der Waals surface area contributed by atoms with Crippen LogP contribution in [0, 0.1) is 0 Å². The molecule has 0 radical (unpaired) electrons. The minimum Gasteiger partial charge on any atom is -0.369 e. The van der Waals surface area contributed by atoms with Crippen LogP contribution in [0.5, 0.6) is 0 Å². The molecule has 0 spiro atoms. The number of anilines is 1. The van der Waals surface area contributed by atoms with E-state index in [-0.39, 0.29) is 29.6 Å². The van der Waals surface area contributed by atoms with Gasteiger partial charge in [-0.25, -0.2) is 13.1 Å². The molecule has 8 nitrogen and oxygen atoms in total. The zero-order valence-electron chi connectivity index (χ0n) is 10.9. The molecule has 0 bridgehead atoms. The summed E-state index contributed by atoms with van der Waals surface area (Å²) in [6.07, 6.45) is 0.304. The van der Waals surface area contributed by atoms with Crippen LogP contribution in [0.25, 0.3) is 0 Å². The van der Waals surface area contributed by atoms with Crippen molar-refractivity contribution in [2.45, 2.75) is 17.7 Å². The summed E-state index contributed by atoms with van der Waals surface area (Å²) in [7, 11) is -3.86. The molecule has 0 saturated carbocycles. The number of rotatable bonds is 5. The first-order chi connectivity index (χ1) is 9.81. The molecule has 1 saturated heterocycles. The smallest absolute Gasteiger partial charge is 0.241 e. The zero-order chi connectivity index (χ0) is 15.6. The number of imide groups is 1. The number of carbonyl (C=O) groups is 3. The molecule has 0 aliphatic carbocycles. The van der Waals surface area contributed by atoms with E-state index in [4.69, 9.17) is 5.73 Å². The highest BCUT2D eigenvalue weighted by atomic mass is 32.2. The molecule has 3 amide bonds. The monoisotopic (exact) mass is 311 g/mol. The normalized spacial score (nSPS) is 15.5. The van der Waals surface area contributed by atoms with Crippen molar-refractivity contribution in [2.24, 2.45) is 5.73 Å². The van der Waals surface area contributed by atoms with Crippen LogP contribution < -0.4 is 15.4 Å². The molecule has 1 heterocycles. The number of carbonyl (C=O) groups excluding carboxylic acids is 3. The summed E-state index contributed by atoms with van der Waals surface area (Å²) in [6.45, 7) is -0.507. The largest absolute Gasteiger partial charge is 0.369 e. The van der Waals surface area contributed by atoms with E-state index in [0.717, 1.165) is 4.90 Å². The molecule has 1 aromatic carbocycles. The highest BCUT2D eigenvalue weighted by Gasteiger charge is 2.30. The van der Waals surface area contributed by atoms with Crippen LogP contribution in [-0.4, -0.2) is 32.7 Å². The van der Waals surface area contributed by atoms with Gasteiger partial charge in [-0.15, -0.1) is 0 Å². The quantitative estimate of drug-likeness (QED) is 0.682. The van der Waals surface area contributed by atoms with Crippen LogP contribution >= 0.6 is 0 Å². The Bertz CT molecular complexity index is 680. The summed E-state index contributed by atoms with van der Waals surface area (Å²) in [4.78, 5) is 34.7. The Morgan fingerprint density at radius 2 is 1.67 bits per heavy atom. The van der Waals surface area contributed by atoms with E-state index < -0.39 is 22.5 Å². The Morgan fingerprint density at radius 1 is 1.14 bits per heavy atom. The van der Waals surface area contributed by atoms with Gasteiger partial charge in [0.25, 0.3) is 0 Å². The first-order valence-electron chi connectivity index (χ1n) is 6.05. The number of benzene rings is 1. The van der Waals surface area contributed by atoms with Gasteiger partial charge in [-0.05, 0) is 24.3 Å². The first kappa shape index (κ1) is 15.1. The second kappa shape index (κ2) is 5.62. The number of primary amides is 1. The molecule has 1 aliphatic rings. The van der Waals surface area contributed by atoms with Crippen molar-refractivity contribution >= 4 is 33.4 Å². The van der Waals surface area contributed by atoms with E-state index in [2.05, 4.69) is 0 Å². The number of amides is 3. The Kier molecular flexibility index (Phi) is 4.05. The summed E-state index contributed by atoms with van der Waals surface area (Å²) in [5.41, 5.74) is 5.18. The maximum Gasteiger partial charge on any atom is 0.241 e. The highest BCUT2D eigenvalue weighted by Crippen LogP contribution is 2.23. The van der Waals surface area contributed by atoms with Gasteiger partial charge in [-0.3, -0.25) is 19.3 Å². The molecule has 2 rings (SSSR count). The van der Waals surface area contributed by atoms with Crippen LogP contribution in [-0.2, 0) is 24.4 Å². The second-order valence-corrected chi connectivity index (χ2v) is 6.17. The van der Waals surface area contributed by atoms with Crippen LogP contribution in [0.1, 0.15) is 12.8 Å². The van der Waals surface area contributed by atoms with Gasteiger partial charge in [0.15, 0.2) is 0 Å². The van der Waals surface area contributed by atoms with Crippen molar-refractivity contribution in [3.63, 3.8) is 0 Å². The minimum atomic E-state index is -3.86. The van der Waals surface area contributed by atoms with E-state index in [1.54, 1.807) is 0 Å². The van der Waals surface area contributed by atoms with Gasteiger partial charge < -0.3 is 5.73 Å². The molecule has 3 N–H and O–H groups in total. The Balaban J connectivity index is 2.21. The molecule has 0 aromatic heterocycles. The third-order valence-electron chi connectivity index (χ3n) is 2.89. The second-order valence-electron chi connectivity index (χ2n) is 4.41. The maximum atomic E-state index is 11.8. The number of sulfonamides is 1. The third kappa shape index (κ3) is 3.26. The molecule has 21 heavy (non-hydrogen) atoms. The lowest BCUT2D eigenvalue weighted by molar-refractivity contribution is -0.121. The molecule has 9 heteroatoms. The number of nitrogens with one attached hydrogen (secondary N) is 1. The van der Waals surface area contributed by atoms with Crippen molar-refractivity contribution in [2.75, 3.05) is 11.4 Å². The number of hydrogen-bond acceptors (Lipinski definition) is 5. The molecule has 1 aliphatic heterocycles. The van der Waals surface area contributed by atoms with Crippen molar-refractivity contribution in [1.29, 1.82) is 0 Å². The van der Waals surface area contributed by atoms with Gasteiger partial charge >= 0.3 is 0 Å². The van der Waals surface area contributed by atoms with E-state index in [1.165, 1.54) is 24.3 Å². The van der Waals surface area contributed by atoms with Crippen LogP contribution in [0.4, 0.5) is 5.69 Å². The van der Waals surface area contributed by atoms with E-state index in [9.17, 15) is 22.8 Å². The van der Waals surface area contributed by atoms with E-state index in [0.29, 0.717) is 5.69 Å². The fraction of sp³-hybridized carbons (Fsp3) is 0.250. The number of nitrogens with zero attached hydrogens (tertiary/aromatic N) is 1. The highest BCUT2D eigenvalue weighted by molar-refractivity contribution is 7.89. The van der Waals surface area contributed by atoms with Crippen LogP contribution in [0.2, 0.25) is 0 Å². The summed E-state index contributed by atoms with van der Waals surface area (Å²) in [5, 5.41) is 0. The molecule has 0 atom stereocenters. The Labute approximate surface area is 121 Å². The summed E-state index contributed by atoms with van der Waals surface area (Å²) in [5.74, 6) is -1.44. The van der Waals surface area contributed by atoms with Crippen molar-refractivity contribution in [3.8, 4) is 0 Å². The van der Waals surface area contributed by atoms with Gasteiger partial charge in [0, 0.05) is 12.8 Å². The van der Waals surface area contributed by atoms with Crippen molar-refractivity contribution in [3.05, 3.63) is 24.3 Å². The lowest BCUT2D eigenvalue weighted by Gasteiger charge is -2.14. The van der Waals surface area contributed by atoms with Gasteiger partial charge in [0.2, 0.25) is 27.7 Å². The van der Waals surface area contributed by atoms with E-state index >= 15 is 0 Å². The number of hydrogen-bond donors (Lipinski definition) is 2. The standard InChI is InChI=1S/C12H13N3O5S/c13-10(16)7-14-21(19,20)9-3-1-8(2-4-9)15-11(17)5-6-12(15)18/h1-4,14H,5-7H2,(H2,13,16). The summed E-state index contributed by atoms with van der Waals surface area (Å²) < 4.78 is 25.7. The van der Waals surface area contributed by atoms with Gasteiger partial charge in [-0.2, -0.15) is 0 Å². The predicted octanol–water partition coefficient (Wildman–Crippen LogP) is -0.896. The van der Waals surface area contributed by atoms with Gasteiger partial charge in [-0.1, -0.05) is 0 Å². The molecular formula is C12H13N3O5S. The fourth-order valence-electron chi connectivity index (χ4n) is 1.89. The lowest BCUT2D eigenvalue weighted by atomic mass is 10.3. The predicted molar refractivity (Wildman–Crippen MR) is 72.6 cm³/mol. The Hall–Kier alpha value is -2.26. The summed E-state index contributed by atoms with van der Waals surface area (Å²) in [6, 6.07) is 5.22. The van der Waals surface area contributed by atoms with Gasteiger partial charge in [0.05, 0.1) is 17.1 Å². The van der Waals surface area contributed by atoms with E-state index in [1.807, 2.05) is 4.72 Å². The molecule has 0 unspecified atom stereocenters. The van der Waals surface area contributed by atoms with Gasteiger partial charge in [0.1, 0.15) is 0 Å². The average molecular weight is 311 g/mol. The summed E-state index contributed by atoms with van der Waals surface area (Å²) >= 11 is 0. The molecular weight excluding hydrogens is 298 g/mol. The van der Waals surface area contributed by atoms with Crippen LogP contribution in [0.15, 0.2) is 29.2 Å².